The molecule has 5 heteroatoms. The molecule has 0 aliphatic carbocycles. The zero-order valence-electron chi connectivity index (χ0n) is 29.6. The summed E-state index contributed by atoms with van der Waals surface area (Å²) in [5.74, 6) is -0.705. The first-order chi connectivity index (χ1) is 22.6. The summed E-state index contributed by atoms with van der Waals surface area (Å²) in [6.07, 6.45) is 48.2. The first-order valence-electron chi connectivity index (χ1n) is 18.5. The van der Waals surface area contributed by atoms with Gasteiger partial charge in [0.2, 0.25) is 0 Å². The monoisotopic (exact) mass is 641 g/mol. The predicted octanol–water partition coefficient (Wildman–Crippen LogP) is 11.4. The van der Waals surface area contributed by atoms with Gasteiger partial charge < -0.3 is 14.6 Å². The minimum Gasteiger partial charge on any atom is -0.462 e. The third kappa shape index (κ3) is 34.2. The van der Waals surface area contributed by atoms with Crippen molar-refractivity contribution in [3.63, 3.8) is 0 Å². The van der Waals surface area contributed by atoms with Crippen molar-refractivity contribution in [1.29, 1.82) is 0 Å². The van der Waals surface area contributed by atoms with Crippen LogP contribution in [0.3, 0.4) is 0 Å². The van der Waals surface area contributed by atoms with Crippen LogP contribution in [0.25, 0.3) is 0 Å². The summed E-state index contributed by atoms with van der Waals surface area (Å²) in [5, 5.41) is 9.52. The minimum atomic E-state index is -0.816. The number of aliphatic hydroxyl groups is 1. The maximum absolute atomic E-state index is 12.1. The number of unbranched alkanes of at least 4 members (excludes halogenated alkanes) is 12. The van der Waals surface area contributed by atoms with Crippen LogP contribution < -0.4 is 0 Å². The number of esters is 2. The number of ether oxygens (including phenoxy) is 2. The van der Waals surface area contributed by atoms with Crippen molar-refractivity contribution in [1.82, 2.24) is 0 Å². The molecule has 0 aliphatic rings. The molecule has 262 valence electrons. The van der Waals surface area contributed by atoms with Gasteiger partial charge in [-0.25, -0.2) is 0 Å². The highest BCUT2D eigenvalue weighted by atomic mass is 16.6. The first-order valence-corrected chi connectivity index (χ1v) is 18.5. The van der Waals surface area contributed by atoms with E-state index in [1.807, 2.05) is 12.2 Å². The van der Waals surface area contributed by atoms with Gasteiger partial charge in [-0.05, 0) is 77.0 Å². The second kappa shape index (κ2) is 36.8. The maximum Gasteiger partial charge on any atom is 0.306 e. The summed E-state index contributed by atoms with van der Waals surface area (Å²) in [7, 11) is 0. The van der Waals surface area contributed by atoms with E-state index in [0.717, 1.165) is 51.4 Å². The van der Waals surface area contributed by atoms with E-state index in [9.17, 15) is 14.7 Å². The average molecular weight is 641 g/mol. The molecular formula is C41H68O5. The van der Waals surface area contributed by atoms with Crippen LogP contribution >= 0.6 is 0 Å². The summed E-state index contributed by atoms with van der Waals surface area (Å²) in [4.78, 5) is 24.1. The highest BCUT2D eigenvalue weighted by Crippen LogP contribution is 2.10. The second-order valence-corrected chi connectivity index (χ2v) is 11.9. The number of carbonyl (C=O) groups excluding carboxylic acids is 2. The Bertz CT molecular complexity index is 864. The molecule has 0 rings (SSSR count). The highest BCUT2D eigenvalue weighted by molar-refractivity contribution is 5.70. The Labute approximate surface area is 283 Å². The number of rotatable bonds is 32. The van der Waals surface area contributed by atoms with Gasteiger partial charge in [0, 0.05) is 12.8 Å². The molecule has 0 aromatic carbocycles. The van der Waals surface area contributed by atoms with Crippen molar-refractivity contribution < 1.29 is 24.2 Å². The first kappa shape index (κ1) is 43.3. The molecule has 46 heavy (non-hydrogen) atoms. The molecule has 1 atom stereocenters. The van der Waals surface area contributed by atoms with E-state index in [0.29, 0.717) is 12.8 Å². The molecule has 0 bridgehead atoms. The van der Waals surface area contributed by atoms with Crippen LogP contribution in [-0.2, 0) is 19.1 Å². The van der Waals surface area contributed by atoms with Crippen molar-refractivity contribution in [2.75, 3.05) is 13.2 Å². The van der Waals surface area contributed by atoms with E-state index < -0.39 is 12.1 Å². The van der Waals surface area contributed by atoms with Crippen molar-refractivity contribution >= 4 is 11.9 Å². The predicted molar refractivity (Wildman–Crippen MR) is 196 cm³/mol. The Kier molecular flexibility index (Phi) is 34.7. The van der Waals surface area contributed by atoms with Crippen LogP contribution in [-0.4, -0.2) is 36.4 Å². The molecule has 0 aromatic rings. The fourth-order valence-electron chi connectivity index (χ4n) is 4.65. The Morgan fingerprint density at radius 2 is 0.913 bits per heavy atom. The quantitative estimate of drug-likeness (QED) is 0.0450. The SMILES string of the molecule is CCCCCC=CCC=CCC=CCC=CCC=CCCC(=O)O[C@@H](CO)COC(=O)CCCCCCCC=CCCCCCC. The second-order valence-electron chi connectivity index (χ2n) is 11.9. The zero-order valence-corrected chi connectivity index (χ0v) is 29.6. The molecule has 0 saturated carbocycles. The Morgan fingerprint density at radius 3 is 1.46 bits per heavy atom. The average Bonchev–Trinajstić information content (AvgIpc) is 3.06. The fraction of sp³-hybridized carbons (Fsp3) is 0.659. The summed E-state index contributed by atoms with van der Waals surface area (Å²) >= 11 is 0. The molecule has 5 nitrogen and oxygen atoms in total. The molecule has 1 N–H and O–H groups in total. The zero-order chi connectivity index (χ0) is 33.6. The molecule has 0 heterocycles. The van der Waals surface area contributed by atoms with Gasteiger partial charge in [-0.2, -0.15) is 0 Å². The van der Waals surface area contributed by atoms with E-state index in [2.05, 4.69) is 74.6 Å². The van der Waals surface area contributed by atoms with Gasteiger partial charge in [-0.15, -0.1) is 0 Å². The summed E-state index contributed by atoms with van der Waals surface area (Å²) in [5.41, 5.74) is 0. The third-order valence-electron chi connectivity index (χ3n) is 7.49. The van der Waals surface area contributed by atoms with Gasteiger partial charge in [-0.3, -0.25) is 9.59 Å². The van der Waals surface area contributed by atoms with Crippen molar-refractivity contribution in [2.24, 2.45) is 0 Å². The number of hydrogen-bond acceptors (Lipinski definition) is 5. The molecule has 0 unspecified atom stereocenters. The van der Waals surface area contributed by atoms with Crippen LogP contribution in [0.2, 0.25) is 0 Å². The van der Waals surface area contributed by atoms with Gasteiger partial charge in [0.25, 0.3) is 0 Å². The molecular weight excluding hydrogens is 572 g/mol. The van der Waals surface area contributed by atoms with Crippen molar-refractivity contribution in [3.05, 3.63) is 72.9 Å². The lowest BCUT2D eigenvalue weighted by Crippen LogP contribution is -2.28. The normalized spacial score (nSPS) is 13.0. The van der Waals surface area contributed by atoms with Crippen LogP contribution in [0.5, 0.6) is 0 Å². The lowest BCUT2D eigenvalue weighted by atomic mass is 10.1. The van der Waals surface area contributed by atoms with E-state index in [4.69, 9.17) is 9.47 Å². The van der Waals surface area contributed by atoms with Crippen LogP contribution in [0, 0.1) is 0 Å². The molecule has 0 amide bonds. The third-order valence-corrected chi connectivity index (χ3v) is 7.49. The molecule has 0 fully saturated rings. The molecule has 0 aliphatic heterocycles. The Morgan fingerprint density at radius 1 is 0.500 bits per heavy atom. The van der Waals surface area contributed by atoms with Crippen molar-refractivity contribution in [2.45, 2.75) is 161 Å². The van der Waals surface area contributed by atoms with Crippen LogP contribution in [0.4, 0.5) is 0 Å². The lowest BCUT2D eigenvalue weighted by molar-refractivity contribution is -0.161. The molecule has 0 spiro atoms. The molecule has 0 aromatic heterocycles. The maximum atomic E-state index is 12.1. The van der Waals surface area contributed by atoms with Gasteiger partial charge in [0.05, 0.1) is 6.61 Å². The number of hydrogen-bond donors (Lipinski definition) is 1. The number of allylic oxidation sites excluding steroid dienone is 12. The number of carbonyl (C=O) groups is 2. The highest BCUT2D eigenvalue weighted by Gasteiger charge is 2.15. The topological polar surface area (TPSA) is 72.8 Å². The lowest BCUT2D eigenvalue weighted by Gasteiger charge is -2.15. The van der Waals surface area contributed by atoms with Crippen molar-refractivity contribution in [3.8, 4) is 0 Å². The fourth-order valence-corrected chi connectivity index (χ4v) is 4.65. The van der Waals surface area contributed by atoms with Crippen LogP contribution in [0.1, 0.15) is 155 Å². The standard InChI is InChI=1S/C41H68O5/c1-3-5-7-9-11-13-15-17-18-19-20-21-22-24-26-28-30-32-34-36-41(44)46-39(37-42)38-45-40(43)35-33-31-29-27-25-23-16-14-12-10-8-6-4-2/h11,13-14,16-18,20-21,24,26,30,32,39,42H,3-10,12,15,19,22-23,25,27-29,31,33-38H2,1-2H3/t39-/m0/s1. The van der Waals surface area contributed by atoms with E-state index in [1.165, 1.54) is 70.6 Å². The van der Waals surface area contributed by atoms with E-state index in [-0.39, 0.29) is 25.6 Å². The Balaban J connectivity index is 3.75. The molecule has 0 saturated heterocycles. The Hall–Kier alpha value is -2.66. The largest absolute Gasteiger partial charge is 0.462 e. The summed E-state index contributed by atoms with van der Waals surface area (Å²) in [6, 6.07) is 0. The smallest absolute Gasteiger partial charge is 0.306 e. The van der Waals surface area contributed by atoms with Gasteiger partial charge in [0.15, 0.2) is 6.10 Å². The summed E-state index contributed by atoms with van der Waals surface area (Å²) < 4.78 is 10.5. The minimum absolute atomic E-state index is 0.103. The van der Waals surface area contributed by atoms with Gasteiger partial charge in [0.1, 0.15) is 6.61 Å². The molecule has 0 radical (unpaired) electrons. The van der Waals surface area contributed by atoms with E-state index >= 15 is 0 Å². The van der Waals surface area contributed by atoms with E-state index in [1.54, 1.807) is 0 Å². The van der Waals surface area contributed by atoms with Gasteiger partial charge in [-0.1, -0.05) is 138 Å². The van der Waals surface area contributed by atoms with Gasteiger partial charge >= 0.3 is 11.9 Å². The number of aliphatic hydroxyl groups excluding tert-OH is 1. The van der Waals surface area contributed by atoms with Crippen LogP contribution in [0.15, 0.2) is 72.9 Å². The summed E-state index contributed by atoms with van der Waals surface area (Å²) in [6.45, 7) is 4.00.